The van der Waals surface area contributed by atoms with Crippen LogP contribution in [0, 0.1) is 0 Å². The molecule has 2 amide bonds. The lowest BCUT2D eigenvalue weighted by Gasteiger charge is -2.48. The zero-order chi connectivity index (χ0) is 55.4. The Labute approximate surface area is 474 Å². The van der Waals surface area contributed by atoms with Crippen LogP contribution in [0.4, 0.5) is 4.79 Å². The third-order valence-electron chi connectivity index (χ3n) is 14.4. The van der Waals surface area contributed by atoms with Gasteiger partial charge in [0.2, 0.25) is 0 Å². The van der Waals surface area contributed by atoms with Crippen molar-refractivity contribution in [1.82, 2.24) is 10.6 Å². The van der Waals surface area contributed by atoms with Gasteiger partial charge in [-0.15, -0.1) is 0 Å². The van der Waals surface area contributed by atoms with Gasteiger partial charge in [0.1, 0.15) is 54.9 Å². The molecular weight excluding hydrogens is 1020 g/mol. The molecule has 10 rings (SSSR count). The topological polar surface area (TPSA) is 150 Å². The minimum atomic E-state index is -1.20. The fraction of sp³-hybridized carbons (Fsp3) is 0.313. The van der Waals surface area contributed by atoms with E-state index in [1.807, 2.05) is 212 Å². The van der Waals surface area contributed by atoms with Gasteiger partial charge < -0.3 is 58.0 Å². The Morgan fingerprint density at radius 3 is 1.15 bits per heavy atom. The Morgan fingerprint density at radius 2 is 0.753 bits per heavy atom. The van der Waals surface area contributed by atoms with Crippen LogP contribution in [0.25, 0.3) is 0 Å². The van der Waals surface area contributed by atoms with E-state index in [0.717, 1.165) is 38.9 Å². The number of amides is 2. The summed E-state index contributed by atoms with van der Waals surface area (Å²) in [5, 5.41) is 6.15. The molecule has 10 atom stereocenters. The van der Waals surface area contributed by atoms with Crippen molar-refractivity contribution >= 4 is 12.0 Å². The van der Waals surface area contributed by atoms with E-state index in [1.54, 1.807) is 6.92 Å². The van der Waals surface area contributed by atoms with Crippen molar-refractivity contribution in [3.05, 3.63) is 263 Å². The smallest absolute Gasteiger partial charge is 0.338 e. The first-order valence-corrected chi connectivity index (χ1v) is 27.8. The number of urea groups is 1. The minimum absolute atomic E-state index is 0.0160. The highest BCUT2D eigenvalue weighted by Gasteiger charge is 2.56. The van der Waals surface area contributed by atoms with Gasteiger partial charge in [-0.25, -0.2) is 9.59 Å². The fourth-order valence-corrected chi connectivity index (χ4v) is 10.5. The van der Waals surface area contributed by atoms with Crippen LogP contribution in [-0.4, -0.2) is 92.8 Å². The van der Waals surface area contributed by atoms with Gasteiger partial charge in [0, 0.05) is 0 Å². The zero-order valence-electron chi connectivity index (χ0n) is 45.5. The molecule has 3 heterocycles. The third-order valence-corrected chi connectivity index (χ3v) is 14.4. The molecule has 14 heteroatoms. The Hall–Kier alpha value is -7.34. The summed E-state index contributed by atoms with van der Waals surface area (Å²) >= 11 is 0. The van der Waals surface area contributed by atoms with Crippen LogP contribution in [0.3, 0.4) is 0 Å². The second-order valence-electron chi connectivity index (χ2n) is 20.2. The van der Waals surface area contributed by atoms with E-state index in [-0.39, 0.29) is 70.7 Å². The van der Waals surface area contributed by atoms with E-state index in [4.69, 9.17) is 47.4 Å². The summed E-state index contributed by atoms with van der Waals surface area (Å²) in [5.74, 6) is -0.715. The molecule has 0 aromatic heterocycles. The maximum atomic E-state index is 15.2. The van der Waals surface area contributed by atoms with Gasteiger partial charge >= 0.3 is 12.0 Å². The highest BCUT2D eigenvalue weighted by molar-refractivity contribution is 5.95. The summed E-state index contributed by atoms with van der Waals surface area (Å²) in [4.78, 5) is 30.0. The summed E-state index contributed by atoms with van der Waals surface area (Å²) in [6, 6.07) is 67.0. The summed E-state index contributed by atoms with van der Waals surface area (Å²) in [6.07, 6.45) is -8.23. The van der Waals surface area contributed by atoms with Crippen molar-refractivity contribution in [1.29, 1.82) is 0 Å². The number of hydrogen-bond donors (Lipinski definition) is 2. The molecule has 0 bridgehead atoms. The van der Waals surface area contributed by atoms with Gasteiger partial charge in [-0.1, -0.05) is 212 Å². The number of benzene rings is 7. The Balaban J connectivity index is 1.08. The Bertz CT molecular complexity index is 3020. The molecule has 2 N–H and O–H groups in total. The van der Waals surface area contributed by atoms with Gasteiger partial charge in [0.05, 0.1) is 83.4 Å². The number of rotatable bonds is 27. The second kappa shape index (κ2) is 29.4. The summed E-state index contributed by atoms with van der Waals surface area (Å²) in [5.41, 5.74) is 6.66. The molecule has 0 spiro atoms. The first-order chi connectivity index (χ1) is 40.0. The molecule has 7 aromatic carbocycles. The van der Waals surface area contributed by atoms with Crippen LogP contribution in [-0.2, 0) is 98.4 Å². The molecule has 0 saturated carbocycles. The van der Waals surface area contributed by atoms with Crippen molar-refractivity contribution in [3.8, 4) is 0 Å². The van der Waals surface area contributed by atoms with Crippen LogP contribution in [0.5, 0.6) is 0 Å². The molecule has 81 heavy (non-hydrogen) atoms. The van der Waals surface area contributed by atoms with Crippen molar-refractivity contribution < 1.29 is 57.0 Å². The molecular formula is C67H70N2O12. The molecule has 7 aromatic rings. The molecule has 0 aliphatic carbocycles. The van der Waals surface area contributed by atoms with Crippen molar-refractivity contribution in [3.63, 3.8) is 0 Å². The van der Waals surface area contributed by atoms with Gasteiger partial charge in [0.25, 0.3) is 0 Å². The number of ether oxygens (including phenoxy) is 10. The number of hydrogen-bond acceptors (Lipinski definition) is 12. The normalized spacial score (nSPS) is 23.6. The maximum Gasteiger partial charge on any atom is 0.338 e. The molecule has 2 fully saturated rings. The molecule has 3 aliphatic rings. The first kappa shape index (κ1) is 56.9. The van der Waals surface area contributed by atoms with E-state index >= 15 is 4.79 Å². The third kappa shape index (κ3) is 15.6. The van der Waals surface area contributed by atoms with Crippen molar-refractivity contribution in [2.45, 2.75) is 114 Å². The molecule has 1 unspecified atom stereocenters. The average molecular weight is 1100 g/mol. The molecule has 0 radical (unpaired) electrons. The monoisotopic (exact) mass is 1090 g/mol. The van der Waals surface area contributed by atoms with Gasteiger partial charge in [0.15, 0.2) is 0 Å². The predicted molar refractivity (Wildman–Crippen MR) is 304 cm³/mol. The number of esters is 1. The molecule has 420 valence electrons. The van der Waals surface area contributed by atoms with Crippen molar-refractivity contribution in [2.24, 2.45) is 0 Å². The van der Waals surface area contributed by atoms with E-state index in [1.165, 1.54) is 0 Å². The van der Waals surface area contributed by atoms with Gasteiger partial charge in [-0.05, 0) is 45.9 Å². The van der Waals surface area contributed by atoms with Crippen LogP contribution in [0.1, 0.15) is 45.9 Å². The summed E-state index contributed by atoms with van der Waals surface area (Å²) < 4.78 is 68.5. The quantitative estimate of drug-likeness (QED) is 0.0472. The number of carbonyl (C=O) groups excluding carboxylic acids is 2. The van der Waals surface area contributed by atoms with E-state index in [9.17, 15) is 4.79 Å². The standard InChI is InChI=1S/C67H70N2O12/c1-2-74-66(70)56-57(61-63(77-42-51-32-18-7-19-33-51)59(75-40-49-28-14-5-15-29-49)54(80-61)45-72-38-47-24-10-3-11-25-47)68-67(71)69-58(56)62-65(79-44-53-36-22-9-23-37-53)64(78-43-52-34-20-8-21-35-52)60(76-41-50-30-16-6-17-31-50)55(81-62)46-73-39-48-26-12-4-13-27-48/h3-37,54-55,57,59-65H,2,38-46H2,1H3,(H2,68,69,71)/t54-,55-,57?,59-,60+,61+,62+,63-,64+,65+/m1/s1. The fourth-order valence-electron chi connectivity index (χ4n) is 10.5. The number of carbonyl (C=O) groups is 2. The van der Waals surface area contributed by atoms with Gasteiger partial charge in [-0.2, -0.15) is 0 Å². The molecule has 14 nitrogen and oxygen atoms in total. The van der Waals surface area contributed by atoms with Gasteiger partial charge in [-0.3, -0.25) is 0 Å². The SMILES string of the molecule is CCOC(=O)C1=C([C@@H]2O[C@H](COCc3ccccc3)[C@H](OCc3ccccc3)[C@H](OCc3ccccc3)[C@H]2OCc2ccccc2)NC(=O)NC1[C@@H]1O[C@H](COCc2ccccc2)[C@@H](OCc2ccccc2)[C@H]1OCc1ccccc1. The lowest BCUT2D eigenvalue weighted by Crippen LogP contribution is -2.65. The summed E-state index contributed by atoms with van der Waals surface area (Å²) in [6.45, 7) is 3.32. The number of nitrogens with one attached hydrogen (secondary N) is 2. The largest absolute Gasteiger partial charge is 0.463 e. The lowest BCUT2D eigenvalue weighted by molar-refractivity contribution is -0.266. The van der Waals surface area contributed by atoms with Crippen LogP contribution in [0.2, 0.25) is 0 Å². The molecule has 2 saturated heterocycles. The Morgan fingerprint density at radius 1 is 0.420 bits per heavy atom. The van der Waals surface area contributed by atoms with E-state index in [2.05, 4.69) is 10.6 Å². The highest BCUT2D eigenvalue weighted by Crippen LogP contribution is 2.39. The lowest BCUT2D eigenvalue weighted by atomic mass is 9.86. The van der Waals surface area contributed by atoms with Crippen LogP contribution in [0.15, 0.2) is 224 Å². The minimum Gasteiger partial charge on any atom is -0.463 e. The highest BCUT2D eigenvalue weighted by atomic mass is 16.6. The second-order valence-corrected chi connectivity index (χ2v) is 20.2. The van der Waals surface area contributed by atoms with Crippen LogP contribution >= 0.6 is 0 Å². The zero-order valence-corrected chi connectivity index (χ0v) is 45.5. The summed E-state index contributed by atoms with van der Waals surface area (Å²) in [7, 11) is 0. The van der Waals surface area contributed by atoms with E-state index < -0.39 is 73.0 Å². The molecule has 3 aliphatic heterocycles. The van der Waals surface area contributed by atoms with Crippen LogP contribution < -0.4 is 10.6 Å². The van der Waals surface area contributed by atoms with E-state index in [0.29, 0.717) is 6.61 Å². The average Bonchev–Trinajstić information content (AvgIpc) is 3.92. The van der Waals surface area contributed by atoms with Crippen molar-refractivity contribution in [2.75, 3.05) is 19.8 Å². The maximum absolute atomic E-state index is 15.2. The first-order valence-electron chi connectivity index (χ1n) is 27.8. The predicted octanol–water partition coefficient (Wildman–Crippen LogP) is 10.4. The Kier molecular flexibility index (Phi) is 20.7.